The molecule has 0 aliphatic carbocycles. The standard InChI is InChI=1S/C19H17N3O2/c1-2-13-3-5-14(6-4-13)18-20-12-11-17(22-18)21-16-9-7-15(8-10-16)19(23)24/h3-12H,2H2,1H3,(H,23,24)(H,20,21,22). The topological polar surface area (TPSA) is 75.1 Å². The van der Waals surface area contributed by atoms with Gasteiger partial charge in [0.1, 0.15) is 5.82 Å². The van der Waals surface area contributed by atoms with E-state index in [1.54, 1.807) is 36.5 Å². The Hall–Kier alpha value is -3.21. The Morgan fingerprint density at radius 2 is 1.75 bits per heavy atom. The Bertz CT molecular complexity index is 843. The van der Waals surface area contributed by atoms with E-state index in [4.69, 9.17) is 5.11 Å². The fourth-order valence-electron chi connectivity index (χ4n) is 2.30. The largest absolute Gasteiger partial charge is 0.478 e. The van der Waals surface area contributed by atoms with Gasteiger partial charge in [-0.05, 0) is 42.3 Å². The lowest BCUT2D eigenvalue weighted by atomic mass is 10.1. The predicted molar refractivity (Wildman–Crippen MR) is 93.5 cm³/mol. The first kappa shape index (κ1) is 15.7. The van der Waals surface area contributed by atoms with Crippen molar-refractivity contribution in [3.05, 3.63) is 71.9 Å². The van der Waals surface area contributed by atoms with E-state index in [9.17, 15) is 4.79 Å². The number of anilines is 2. The van der Waals surface area contributed by atoms with Gasteiger partial charge in [0.15, 0.2) is 5.82 Å². The fraction of sp³-hybridized carbons (Fsp3) is 0.105. The molecule has 0 atom stereocenters. The molecule has 0 saturated carbocycles. The molecule has 0 unspecified atom stereocenters. The zero-order chi connectivity index (χ0) is 16.9. The van der Waals surface area contributed by atoms with Crippen LogP contribution in [0.1, 0.15) is 22.8 Å². The van der Waals surface area contributed by atoms with E-state index in [-0.39, 0.29) is 5.56 Å². The van der Waals surface area contributed by atoms with Crippen LogP contribution in [0.25, 0.3) is 11.4 Å². The molecule has 0 saturated heterocycles. The van der Waals surface area contributed by atoms with Crippen molar-refractivity contribution >= 4 is 17.5 Å². The van der Waals surface area contributed by atoms with Gasteiger partial charge >= 0.3 is 5.97 Å². The molecule has 2 N–H and O–H groups in total. The third-order valence-electron chi connectivity index (χ3n) is 3.68. The van der Waals surface area contributed by atoms with Gasteiger partial charge in [-0.15, -0.1) is 0 Å². The molecule has 0 spiro atoms. The van der Waals surface area contributed by atoms with Gasteiger partial charge in [0.2, 0.25) is 0 Å². The molecule has 0 bridgehead atoms. The van der Waals surface area contributed by atoms with E-state index in [0.717, 1.165) is 17.7 Å². The molecule has 0 fully saturated rings. The summed E-state index contributed by atoms with van der Waals surface area (Å²) in [5.74, 6) is 0.355. The Kier molecular flexibility index (Phi) is 4.52. The highest BCUT2D eigenvalue weighted by molar-refractivity contribution is 5.88. The highest BCUT2D eigenvalue weighted by Crippen LogP contribution is 2.20. The summed E-state index contributed by atoms with van der Waals surface area (Å²) in [5.41, 5.74) is 3.24. The molecular weight excluding hydrogens is 302 g/mol. The second-order valence-corrected chi connectivity index (χ2v) is 5.32. The van der Waals surface area contributed by atoms with E-state index < -0.39 is 5.97 Å². The molecular formula is C19H17N3O2. The summed E-state index contributed by atoms with van der Waals surface area (Å²) in [5, 5.41) is 12.1. The van der Waals surface area contributed by atoms with Gasteiger partial charge < -0.3 is 10.4 Å². The van der Waals surface area contributed by atoms with Crippen molar-refractivity contribution < 1.29 is 9.90 Å². The number of benzene rings is 2. The number of nitrogens with zero attached hydrogens (tertiary/aromatic N) is 2. The molecule has 0 radical (unpaired) electrons. The van der Waals surface area contributed by atoms with Gasteiger partial charge in [0, 0.05) is 17.4 Å². The third kappa shape index (κ3) is 3.57. The summed E-state index contributed by atoms with van der Waals surface area (Å²) in [6, 6.07) is 16.5. The number of hydrogen-bond donors (Lipinski definition) is 2. The molecule has 0 aliphatic heterocycles. The van der Waals surface area contributed by atoms with Crippen LogP contribution in [0.2, 0.25) is 0 Å². The number of aromatic carboxylic acids is 1. The summed E-state index contributed by atoms with van der Waals surface area (Å²) in [6.45, 7) is 2.12. The van der Waals surface area contributed by atoms with Crippen LogP contribution in [0.4, 0.5) is 11.5 Å². The minimum Gasteiger partial charge on any atom is -0.478 e. The van der Waals surface area contributed by atoms with Gasteiger partial charge in [-0.2, -0.15) is 0 Å². The van der Waals surface area contributed by atoms with Crippen LogP contribution in [0.3, 0.4) is 0 Å². The maximum Gasteiger partial charge on any atom is 0.335 e. The van der Waals surface area contributed by atoms with Crippen molar-refractivity contribution in [1.29, 1.82) is 0 Å². The van der Waals surface area contributed by atoms with Crippen molar-refractivity contribution in [1.82, 2.24) is 9.97 Å². The zero-order valence-electron chi connectivity index (χ0n) is 13.2. The average molecular weight is 319 g/mol. The zero-order valence-corrected chi connectivity index (χ0v) is 13.2. The van der Waals surface area contributed by atoms with Crippen LogP contribution >= 0.6 is 0 Å². The second-order valence-electron chi connectivity index (χ2n) is 5.32. The third-order valence-corrected chi connectivity index (χ3v) is 3.68. The van der Waals surface area contributed by atoms with Gasteiger partial charge in [0.25, 0.3) is 0 Å². The van der Waals surface area contributed by atoms with Crippen LogP contribution in [0, 0.1) is 0 Å². The summed E-state index contributed by atoms with van der Waals surface area (Å²) in [6.07, 6.45) is 2.69. The molecule has 0 amide bonds. The lowest BCUT2D eigenvalue weighted by molar-refractivity contribution is 0.0697. The molecule has 1 aromatic heterocycles. The minimum absolute atomic E-state index is 0.250. The first-order valence-corrected chi connectivity index (χ1v) is 7.68. The summed E-state index contributed by atoms with van der Waals surface area (Å²) >= 11 is 0. The Morgan fingerprint density at radius 1 is 1.04 bits per heavy atom. The van der Waals surface area contributed by atoms with E-state index in [2.05, 4.69) is 34.3 Å². The maximum absolute atomic E-state index is 10.9. The minimum atomic E-state index is -0.943. The Labute approximate surface area is 140 Å². The number of carboxylic acids is 1. The maximum atomic E-state index is 10.9. The van der Waals surface area contributed by atoms with E-state index >= 15 is 0 Å². The van der Waals surface area contributed by atoms with Gasteiger partial charge in [-0.3, -0.25) is 0 Å². The number of nitrogens with one attached hydrogen (secondary N) is 1. The smallest absolute Gasteiger partial charge is 0.335 e. The summed E-state index contributed by atoms with van der Waals surface area (Å²) in [7, 11) is 0. The number of carbonyl (C=O) groups is 1. The molecule has 1 heterocycles. The number of hydrogen-bond acceptors (Lipinski definition) is 4. The SMILES string of the molecule is CCc1ccc(-c2nccc(Nc3ccc(C(=O)O)cc3)n2)cc1. The van der Waals surface area contributed by atoms with Crippen LogP contribution < -0.4 is 5.32 Å². The molecule has 5 heteroatoms. The van der Waals surface area contributed by atoms with Crippen molar-refractivity contribution in [3.63, 3.8) is 0 Å². The van der Waals surface area contributed by atoms with Crippen LogP contribution in [-0.2, 0) is 6.42 Å². The molecule has 0 aliphatic rings. The number of rotatable bonds is 5. The second kappa shape index (κ2) is 6.91. The van der Waals surface area contributed by atoms with E-state index in [1.807, 2.05) is 12.1 Å². The average Bonchev–Trinajstić information content (AvgIpc) is 2.62. The quantitative estimate of drug-likeness (QED) is 0.739. The van der Waals surface area contributed by atoms with Crippen LogP contribution in [0.15, 0.2) is 60.8 Å². The number of carboxylic acid groups (broad SMARTS) is 1. The molecule has 24 heavy (non-hydrogen) atoms. The molecule has 3 rings (SSSR count). The predicted octanol–water partition coefficient (Wildman–Crippen LogP) is 4.15. The first-order valence-electron chi connectivity index (χ1n) is 7.68. The number of aromatic nitrogens is 2. The fourth-order valence-corrected chi connectivity index (χ4v) is 2.30. The highest BCUT2D eigenvalue weighted by atomic mass is 16.4. The van der Waals surface area contributed by atoms with E-state index in [0.29, 0.717) is 11.6 Å². The Morgan fingerprint density at radius 3 is 2.38 bits per heavy atom. The van der Waals surface area contributed by atoms with Crippen molar-refractivity contribution in [2.45, 2.75) is 13.3 Å². The summed E-state index contributed by atoms with van der Waals surface area (Å²) in [4.78, 5) is 19.7. The van der Waals surface area contributed by atoms with Gasteiger partial charge in [0.05, 0.1) is 5.56 Å². The van der Waals surface area contributed by atoms with E-state index in [1.165, 1.54) is 5.56 Å². The lowest BCUT2D eigenvalue weighted by Crippen LogP contribution is -1.99. The van der Waals surface area contributed by atoms with Gasteiger partial charge in [-0.25, -0.2) is 14.8 Å². The molecule has 2 aromatic carbocycles. The molecule has 5 nitrogen and oxygen atoms in total. The lowest BCUT2D eigenvalue weighted by Gasteiger charge is -2.08. The normalized spacial score (nSPS) is 10.4. The Balaban J connectivity index is 1.80. The molecule has 3 aromatic rings. The molecule has 120 valence electrons. The van der Waals surface area contributed by atoms with Crippen LogP contribution in [0.5, 0.6) is 0 Å². The van der Waals surface area contributed by atoms with Crippen molar-refractivity contribution in [2.75, 3.05) is 5.32 Å². The van der Waals surface area contributed by atoms with Crippen molar-refractivity contribution in [2.24, 2.45) is 0 Å². The number of aryl methyl sites for hydroxylation is 1. The summed E-state index contributed by atoms with van der Waals surface area (Å²) < 4.78 is 0. The highest BCUT2D eigenvalue weighted by Gasteiger charge is 2.05. The monoisotopic (exact) mass is 319 g/mol. The van der Waals surface area contributed by atoms with Gasteiger partial charge in [-0.1, -0.05) is 31.2 Å². The van der Waals surface area contributed by atoms with Crippen molar-refractivity contribution in [3.8, 4) is 11.4 Å². The first-order chi connectivity index (χ1) is 11.7. The van der Waals surface area contributed by atoms with Crippen LogP contribution in [-0.4, -0.2) is 21.0 Å².